The first-order chi connectivity index (χ1) is 12.8. The molecule has 0 aliphatic carbocycles. The third kappa shape index (κ3) is 10.2. The number of carbonyl (C=O) groups is 4. The third-order valence-electron chi connectivity index (χ3n) is 4.60. The van der Waals surface area contributed by atoms with Crippen molar-refractivity contribution in [3.8, 4) is 0 Å². The first-order valence-electron chi connectivity index (χ1n) is 9.04. The van der Waals surface area contributed by atoms with Crippen LogP contribution in [-0.4, -0.2) is 71.5 Å². The summed E-state index contributed by atoms with van der Waals surface area (Å²) >= 11 is 0. The summed E-state index contributed by atoms with van der Waals surface area (Å²) in [5.41, 5.74) is -1.39. The molecule has 0 fully saturated rings. The van der Waals surface area contributed by atoms with E-state index in [0.29, 0.717) is 12.8 Å². The van der Waals surface area contributed by atoms with E-state index >= 15 is 0 Å². The standard InChI is InChI=1S/C18H32N2O8/c1-6-17(4,19-13(21)7-27-9-15(23)24)11-18(5,12(2)3)20-14(22)8-28-10-16(25)26/h12H,6-11H2,1-5H3,(H,19,21)(H,20,22)(H,23,24)(H,25,26). The van der Waals surface area contributed by atoms with Gasteiger partial charge in [-0.15, -0.1) is 0 Å². The molecule has 0 aliphatic heterocycles. The Labute approximate surface area is 165 Å². The number of ether oxygens (including phenoxy) is 2. The Kier molecular flexibility index (Phi) is 10.7. The van der Waals surface area contributed by atoms with Gasteiger partial charge in [-0.05, 0) is 32.6 Å². The number of amides is 2. The average molecular weight is 404 g/mol. The second-order valence-corrected chi connectivity index (χ2v) is 7.53. The molecule has 0 aliphatic rings. The van der Waals surface area contributed by atoms with Gasteiger partial charge >= 0.3 is 11.9 Å². The Bertz CT molecular complexity index is 566. The number of rotatable bonds is 14. The number of hydrogen-bond donors (Lipinski definition) is 4. The second-order valence-electron chi connectivity index (χ2n) is 7.53. The van der Waals surface area contributed by atoms with Gasteiger partial charge in [-0.2, -0.15) is 0 Å². The molecule has 0 saturated heterocycles. The molecule has 0 radical (unpaired) electrons. The summed E-state index contributed by atoms with van der Waals surface area (Å²) in [4.78, 5) is 45.2. The monoisotopic (exact) mass is 404 g/mol. The topological polar surface area (TPSA) is 151 Å². The van der Waals surface area contributed by atoms with Gasteiger partial charge in [-0.1, -0.05) is 20.8 Å². The lowest BCUT2D eigenvalue weighted by Crippen LogP contribution is -2.59. The summed E-state index contributed by atoms with van der Waals surface area (Å²) in [6.07, 6.45) is 0.953. The van der Waals surface area contributed by atoms with Crippen molar-refractivity contribution in [1.29, 1.82) is 0 Å². The molecule has 2 atom stereocenters. The molecule has 2 amide bonds. The SMILES string of the molecule is CCC(C)(CC(C)(NC(=O)COCC(=O)O)C(C)C)NC(=O)COCC(=O)O. The number of hydrogen-bond acceptors (Lipinski definition) is 6. The molecule has 10 heteroatoms. The molecule has 0 spiro atoms. The maximum absolute atomic E-state index is 12.2. The highest BCUT2D eigenvalue weighted by Gasteiger charge is 2.38. The fourth-order valence-electron chi connectivity index (χ4n) is 2.65. The Morgan fingerprint density at radius 3 is 1.64 bits per heavy atom. The highest BCUT2D eigenvalue weighted by atomic mass is 16.5. The van der Waals surface area contributed by atoms with Crippen LogP contribution in [0, 0.1) is 5.92 Å². The molecule has 28 heavy (non-hydrogen) atoms. The number of carboxylic acid groups (broad SMARTS) is 2. The summed E-state index contributed by atoms with van der Waals surface area (Å²) in [5, 5.41) is 22.8. The van der Waals surface area contributed by atoms with Crippen molar-refractivity contribution in [2.45, 2.75) is 58.5 Å². The fourth-order valence-corrected chi connectivity index (χ4v) is 2.65. The molecule has 10 nitrogen and oxygen atoms in total. The van der Waals surface area contributed by atoms with E-state index in [1.807, 2.05) is 34.6 Å². The van der Waals surface area contributed by atoms with Crippen LogP contribution < -0.4 is 10.6 Å². The zero-order chi connectivity index (χ0) is 22.0. The smallest absolute Gasteiger partial charge is 0.329 e. The summed E-state index contributed by atoms with van der Waals surface area (Å²) < 4.78 is 9.63. The van der Waals surface area contributed by atoms with Gasteiger partial charge in [0.1, 0.15) is 26.4 Å². The summed E-state index contributed by atoms with van der Waals surface area (Å²) in [5.74, 6) is -3.22. The van der Waals surface area contributed by atoms with Gasteiger partial charge < -0.3 is 30.3 Å². The normalized spacial score (nSPS) is 15.4. The molecule has 162 valence electrons. The van der Waals surface area contributed by atoms with E-state index in [1.54, 1.807) is 0 Å². The highest BCUT2D eigenvalue weighted by molar-refractivity contribution is 5.79. The average Bonchev–Trinajstić information content (AvgIpc) is 2.53. The molecule has 0 saturated carbocycles. The molecule has 0 aromatic heterocycles. The summed E-state index contributed by atoms with van der Waals surface area (Å²) in [6.45, 7) is 7.51. The predicted molar refractivity (Wildman–Crippen MR) is 99.8 cm³/mol. The first kappa shape index (κ1) is 25.8. The second kappa shape index (κ2) is 11.6. The van der Waals surface area contributed by atoms with Gasteiger partial charge in [0.15, 0.2) is 0 Å². The van der Waals surface area contributed by atoms with Gasteiger partial charge in [0.05, 0.1) is 0 Å². The molecule has 2 unspecified atom stereocenters. The molecule has 0 rings (SSSR count). The van der Waals surface area contributed by atoms with Crippen molar-refractivity contribution in [2.24, 2.45) is 5.92 Å². The van der Waals surface area contributed by atoms with Crippen molar-refractivity contribution < 1.29 is 38.9 Å². The van der Waals surface area contributed by atoms with Crippen molar-refractivity contribution in [3.63, 3.8) is 0 Å². The first-order valence-corrected chi connectivity index (χ1v) is 9.04. The van der Waals surface area contributed by atoms with Gasteiger partial charge in [-0.25, -0.2) is 9.59 Å². The number of nitrogens with one attached hydrogen (secondary N) is 2. The lowest BCUT2D eigenvalue weighted by molar-refractivity contribution is -0.145. The molecular weight excluding hydrogens is 372 g/mol. The van der Waals surface area contributed by atoms with Crippen LogP contribution in [0.5, 0.6) is 0 Å². The quantitative estimate of drug-likeness (QED) is 0.325. The molecular formula is C18H32N2O8. The lowest BCUT2D eigenvalue weighted by Gasteiger charge is -2.43. The van der Waals surface area contributed by atoms with Crippen LogP contribution in [-0.2, 0) is 28.7 Å². The largest absolute Gasteiger partial charge is 0.480 e. The van der Waals surface area contributed by atoms with Crippen LogP contribution in [0.25, 0.3) is 0 Å². The lowest BCUT2D eigenvalue weighted by atomic mass is 9.76. The zero-order valence-corrected chi connectivity index (χ0v) is 17.2. The zero-order valence-electron chi connectivity index (χ0n) is 17.2. The molecule has 4 N–H and O–H groups in total. The van der Waals surface area contributed by atoms with Crippen molar-refractivity contribution in [3.05, 3.63) is 0 Å². The predicted octanol–water partition coefficient (Wildman–Crippen LogP) is 0.395. The van der Waals surface area contributed by atoms with Gasteiger partial charge in [-0.3, -0.25) is 9.59 Å². The number of aliphatic carboxylic acids is 2. The van der Waals surface area contributed by atoms with E-state index in [4.69, 9.17) is 19.7 Å². The van der Waals surface area contributed by atoms with Crippen molar-refractivity contribution in [2.75, 3.05) is 26.4 Å². The number of carbonyl (C=O) groups excluding carboxylic acids is 2. The Morgan fingerprint density at radius 2 is 1.29 bits per heavy atom. The molecule has 0 aromatic carbocycles. The van der Waals surface area contributed by atoms with Crippen molar-refractivity contribution in [1.82, 2.24) is 10.6 Å². The molecule has 0 bridgehead atoms. The van der Waals surface area contributed by atoms with E-state index < -0.39 is 48.0 Å². The maximum atomic E-state index is 12.2. The Hall–Kier alpha value is -2.20. The fraction of sp³-hybridized carbons (Fsp3) is 0.778. The van der Waals surface area contributed by atoms with Crippen LogP contribution in [0.3, 0.4) is 0 Å². The van der Waals surface area contributed by atoms with Crippen LogP contribution in [0.4, 0.5) is 0 Å². The van der Waals surface area contributed by atoms with E-state index in [-0.39, 0.29) is 19.1 Å². The minimum atomic E-state index is -1.16. The van der Waals surface area contributed by atoms with E-state index in [0.717, 1.165) is 0 Å². The highest BCUT2D eigenvalue weighted by Crippen LogP contribution is 2.29. The molecule has 0 heterocycles. The third-order valence-corrected chi connectivity index (χ3v) is 4.60. The Balaban J connectivity index is 4.97. The van der Waals surface area contributed by atoms with Crippen LogP contribution in [0.15, 0.2) is 0 Å². The van der Waals surface area contributed by atoms with Crippen LogP contribution in [0.2, 0.25) is 0 Å². The summed E-state index contributed by atoms with van der Waals surface area (Å²) in [6, 6.07) is 0. The van der Waals surface area contributed by atoms with E-state index in [2.05, 4.69) is 10.6 Å². The number of carboxylic acids is 2. The van der Waals surface area contributed by atoms with Gasteiger partial charge in [0.25, 0.3) is 0 Å². The molecule has 0 aromatic rings. The Morgan fingerprint density at radius 1 is 0.857 bits per heavy atom. The van der Waals surface area contributed by atoms with Crippen LogP contribution in [0.1, 0.15) is 47.5 Å². The van der Waals surface area contributed by atoms with Gasteiger partial charge in [0.2, 0.25) is 11.8 Å². The maximum Gasteiger partial charge on any atom is 0.329 e. The van der Waals surface area contributed by atoms with Crippen LogP contribution >= 0.6 is 0 Å². The van der Waals surface area contributed by atoms with E-state index in [9.17, 15) is 19.2 Å². The summed E-state index contributed by atoms with van der Waals surface area (Å²) in [7, 11) is 0. The minimum absolute atomic E-state index is 0.00182. The minimum Gasteiger partial charge on any atom is -0.480 e. The van der Waals surface area contributed by atoms with Crippen molar-refractivity contribution >= 4 is 23.8 Å². The van der Waals surface area contributed by atoms with Gasteiger partial charge in [0, 0.05) is 11.1 Å². The van der Waals surface area contributed by atoms with E-state index in [1.165, 1.54) is 0 Å².